The molecule has 0 radical (unpaired) electrons. The first-order valence-electron chi connectivity index (χ1n) is 8.58. The van der Waals surface area contributed by atoms with Crippen LogP contribution in [0.25, 0.3) is 11.0 Å². The van der Waals surface area contributed by atoms with Gasteiger partial charge in [0.1, 0.15) is 12.1 Å². The minimum absolute atomic E-state index is 0.0968. The third-order valence-electron chi connectivity index (χ3n) is 4.70. The lowest BCUT2D eigenvalue weighted by Crippen LogP contribution is -2.49. The van der Waals surface area contributed by atoms with Crippen molar-refractivity contribution in [2.45, 2.75) is 13.5 Å². The fourth-order valence-electron chi connectivity index (χ4n) is 3.30. The summed E-state index contributed by atoms with van der Waals surface area (Å²) in [5.41, 5.74) is 4.21. The molecule has 0 N–H and O–H groups in total. The molecular formula is C19H21N5O. The van der Waals surface area contributed by atoms with Gasteiger partial charge in [-0.05, 0) is 36.8 Å². The van der Waals surface area contributed by atoms with Gasteiger partial charge < -0.3 is 9.80 Å². The first kappa shape index (κ1) is 15.6. The maximum atomic E-state index is 12.6. The lowest BCUT2D eigenvalue weighted by Gasteiger charge is -2.36. The van der Waals surface area contributed by atoms with Crippen molar-refractivity contribution in [1.82, 2.24) is 19.9 Å². The largest absolute Gasteiger partial charge is 0.368 e. The van der Waals surface area contributed by atoms with E-state index in [-0.39, 0.29) is 12.5 Å². The van der Waals surface area contributed by atoms with Crippen LogP contribution >= 0.6 is 0 Å². The highest BCUT2D eigenvalue weighted by molar-refractivity contribution is 5.80. The summed E-state index contributed by atoms with van der Waals surface area (Å²) in [5, 5.41) is 8.22. The number of anilines is 1. The average molecular weight is 335 g/mol. The van der Waals surface area contributed by atoms with E-state index in [0.717, 1.165) is 37.2 Å². The molecule has 1 aromatic heterocycles. The number of hydrogen-bond donors (Lipinski definition) is 0. The van der Waals surface area contributed by atoms with Gasteiger partial charge in [0.2, 0.25) is 5.91 Å². The summed E-state index contributed by atoms with van der Waals surface area (Å²) in [6.45, 7) is 5.52. The number of hydrogen-bond acceptors (Lipinski definition) is 4. The van der Waals surface area contributed by atoms with Crippen LogP contribution in [0, 0.1) is 6.92 Å². The number of aryl methyl sites for hydroxylation is 1. The van der Waals surface area contributed by atoms with Crippen LogP contribution in [0.1, 0.15) is 5.56 Å². The van der Waals surface area contributed by atoms with Crippen molar-refractivity contribution in [3.63, 3.8) is 0 Å². The Morgan fingerprint density at radius 1 is 1.04 bits per heavy atom. The van der Waals surface area contributed by atoms with Gasteiger partial charge in [0.05, 0.1) is 5.52 Å². The van der Waals surface area contributed by atoms with Crippen molar-refractivity contribution in [2.24, 2.45) is 0 Å². The Hall–Kier alpha value is -2.89. The second-order valence-corrected chi connectivity index (χ2v) is 6.44. The number of benzene rings is 2. The van der Waals surface area contributed by atoms with Gasteiger partial charge in [0.15, 0.2) is 0 Å². The predicted octanol–water partition coefficient (Wildman–Crippen LogP) is 2.09. The average Bonchev–Trinajstić information content (AvgIpc) is 3.05. The van der Waals surface area contributed by atoms with E-state index in [2.05, 4.69) is 46.4 Å². The van der Waals surface area contributed by atoms with Crippen LogP contribution in [0.4, 0.5) is 5.69 Å². The van der Waals surface area contributed by atoms with E-state index >= 15 is 0 Å². The standard InChI is InChI=1S/C19H21N5O/c1-15-5-4-6-16(13-15)22-9-11-23(12-10-22)19(25)14-24-18-8-3-2-7-17(18)20-21-24/h2-8,13H,9-12,14H2,1H3. The van der Waals surface area contributed by atoms with Gasteiger partial charge in [-0.15, -0.1) is 5.10 Å². The second-order valence-electron chi connectivity index (χ2n) is 6.44. The van der Waals surface area contributed by atoms with Crippen LogP contribution in [0.2, 0.25) is 0 Å². The van der Waals surface area contributed by atoms with E-state index in [9.17, 15) is 4.79 Å². The van der Waals surface area contributed by atoms with E-state index in [0.29, 0.717) is 0 Å². The molecule has 1 fully saturated rings. The Balaban J connectivity index is 1.40. The molecule has 1 aliphatic heterocycles. The monoisotopic (exact) mass is 335 g/mol. The van der Waals surface area contributed by atoms with Crippen molar-refractivity contribution >= 4 is 22.6 Å². The molecule has 0 aliphatic carbocycles. The van der Waals surface area contributed by atoms with Gasteiger partial charge in [0.25, 0.3) is 0 Å². The molecule has 3 aromatic rings. The second kappa shape index (κ2) is 6.55. The van der Waals surface area contributed by atoms with Crippen molar-refractivity contribution < 1.29 is 4.79 Å². The minimum atomic E-state index is 0.0968. The Labute approximate surface area is 146 Å². The van der Waals surface area contributed by atoms with E-state index in [1.54, 1.807) is 4.68 Å². The van der Waals surface area contributed by atoms with Crippen molar-refractivity contribution in [3.05, 3.63) is 54.1 Å². The molecule has 1 aliphatic rings. The number of para-hydroxylation sites is 1. The molecule has 128 valence electrons. The number of carbonyl (C=O) groups excluding carboxylic acids is 1. The fourth-order valence-corrected chi connectivity index (χ4v) is 3.30. The number of nitrogens with zero attached hydrogens (tertiary/aromatic N) is 5. The quantitative estimate of drug-likeness (QED) is 0.735. The molecule has 0 saturated carbocycles. The molecule has 1 saturated heterocycles. The smallest absolute Gasteiger partial charge is 0.244 e. The summed E-state index contributed by atoms with van der Waals surface area (Å²) in [4.78, 5) is 16.9. The van der Waals surface area contributed by atoms with E-state index in [4.69, 9.17) is 0 Å². The van der Waals surface area contributed by atoms with Gasteiger partial charge in [-0.3, -0.25) is 4.79 Å². The summed E-state index contributed by atoms with van der Waals surface area (Å²) in [7, 11) is 0. The molecule has 0 atom stereocenters. The molecule has 0 bridgehead atoms. The summed E-state index contributed by atoms with van der Waals surface area (Å²) in [6, 6.07) is 16.2. The summed E-state index contributed by atoms with van der Waals surface area (Å²) >= 11 is 0. The normalized spacial score (nSPS) is 14.9. The van der Waals surface area contributed by atoms with Gasteiger partial charge in [-0.2, -0.15) is 0 Å². The lowest BCUT2D eigenvalue weighted by atomic mass is 10.2. The number of amides is 1. The SMILES string of the molecule is Cc1cccc(N2CCN(C(=O)Cn3nnc4ccccc43)CC2)c1. The van der Waals surface area contributed by atoms with Crippen molar-refractivity contribution in [1.29, 1.82) is 0 Å². The van der Waals surface area contributed by atoms with Gasteiger partial charge in [0, 0.05) is 31.9 Å². The molecule has 0 spiro atoms. The number of piperazine rings is 1. The van der Waals surface area contributed by atoms with E-state index in [1.165, 1.54) is 11.3 Å². The van der Waals surface area contributed by atoms with Crippen LogP contribution in [-0.2, 0) is 11.3 Å². The van der Waals surface area contributed by atoms with Crippen LogP contribution < -0.4 is 4.90 Å². The van der Waals surface area contributed by atoms with E-state index < -0.39 is 0 Å². The van der Waals surface area contributed by atoms with Crippen molar-refractivity contribution in [3.8, 4) is 0 Å². The molecule has 2 aromatic carbocycles. The predicted molar refractivity (Wildman–Crippen MR) is 97.5 cm³/mol. The van der Waals surface area contributed by atoms with Crippen LogP contribution in [0.5, 0.6) is 0 Å². The third kappa shape index (κ3) is 3.20. The van der Waals surface area contributed by atoms with Crippen LogP contribution in [0.3, 0.4) is 0 Å². The van der Waals surface area contributed by atoms with Gasteiger partial charge >= 0.3 is 0 Å². The lowest BCUT2D eigenvalue weighted by molar-refractivity contribution is -0.132. The highest BCUT2D eigenvalue weighted by atomic mass is 16.2. The minimum Gasteiger partial charge on any atom is -0.368 e. The van der Waals surface area contributed by atoms with Crippen molar-refractivity contribution in [2.75, 3.05) is 31.1 Å². The van der Waals surface area contributed by atoms with Crippen LogP contribution in [-0.4, -0.2) is 52.0 Å². The first-order chi connectivity index (χ1) is 12.2. The summed E-state index contributed by atoms with van der Waals surface area (Å²) in [6.07, 6.45) is 0. The topological polar surface area (TPSA) is 54.3 Å². The zero-order valence-corrected chi connectivity index (χ0v) is 14.3. The van der Waals surface area contributed by atoms with Gasteiger partial charge in [-0.25, -0.2) is 4.68 Å². The Morgan fingerprint density at radius 3 is 2.64 bits per heavy atom. The molecule has 4 rings (SSSR count). The highest BCUT2D eigenvalue weighted by Gasteiger charge is 2.22. The maximum absolute atomic E-state index is 12.6. The first-order valence-corrected chi connectivity index (χ1v) is 8.58. The number of aromatic nitrogens is 3. The highest BCUT2D eigenvalue weighted by Crippen LogP contribution is 2.18. The number of fused-ring (bicyclic) bond motifs is 1. The fraction of sp³-hybridized carbons (Fsp3) is 0.316. The molecule has 0 unspecified atom stereocenters. The number of rotatable bonds is 3. The molecule has 25 heavy (non-hydrogen) atoms. The molecule has 1 amide bonds. The Bertz CT molecular complexity index is 895. The summed E-state index contributed by atoms with van der Waals surface area (Å²) in [5.74, 6) is 0.0968. The Morgan fingerprint density at radius 2 is 1.84 bits per heavy atom. The van der Waals surface area contributed by atoms with Gasteiger partial charge in [-0.1, -0.05) is 29.5 Å². The molecule has 2 heterocycles. The third-order valence-corrected chi connectivity index (χ3v) is 4.70. The zero-order chi connectivity index (χ0) is 17.2. The maximum Gasteiger partial charge on any atom is 0.244 e. The molecular weight excluding hydrogens is 314 g/mol. The Kier molecular flexibility index (Phi) is 4.09. The van der Waals surface area contributed by atoms with Crippen LogP contribution in [0.15, 0.2) is 48.5 Å². The summed E-state index contributed by atoms with van der Waals surface area (Å²) < 4.78 is 1.69. The molecule has 6 nitrogen and oxygen atoms in total. The van der Waals surface area contributed by atoms with E-state index in [1.807, 2.05) is 29.2 Å². The number of carbonyl (C=O) groups is 1. The molecule has 6 heteroatoms. The zero-order valence-electron chi connectivity index (χ0n) is 14.3.